The highest BCUT2D eigenvalue weighted by atomic mass is 19.1. The first-order valence-corrected chi connectivity index (χ1v) is 6.53. The number of hydrogen-bond donors (Lipinski definition) is 2. The minimum absolute atomic E-state index is 0.295. The van der Waals surface area contributed by atoms with E-state index in [2.05, 4.69) is 10.6 Å². The summed E-state index contributed by atoms with van der Waals surface area (Å²) in [5.74, 6) is 0.119. The molecule has 1 saturated heterocycles. The molecule has 5 heteroatoms. The maximum Gasteiger partial charge on any atom is 0.319 e. The van der Waals surface area contributed by atoms with Crippen molar-refractivity contribution in [3.8, 4) is 0 Å². The Kier molecular flexibility index (Phi) is 4.74. The minimum Gasteiger partial charge on any atom is -0.381 e. The summed E-state index contributed by atoms with van der Waals surface area (Å²) in [6.07, 6.45) is 1.94. The molecule has 2 rings (SSSR count). The summed E-state index contributed by atoms with van der Waals surface area (Å²) in [5, 5.41) is 5.45. The highest BCUT2D eigenvalue weighted by Crippen LogP contribution is 2.14. The van der Waals surface area contributed by atoms with Crippen molar-refractivity contribution < 1.29 is 13.9 Å². The van der Waals surface area contributed by atoms with E-state index in [1.807, 2.05) is 0 Å². The Balaban J connectivity index is 1.80. The van der Waals surface area contributed by atoms with Crippen LogP contribution in [0.2, 0.25) is 0 Å². The Morgan fingerprint density at radius 3 is 2.79 bits per heavy atom. The summed E-state index contributed by atoms with van der Waals surface area (Å²) < 4.78 is 18.4. The van der Waals surface area contributed by atoms with Crippen molar-refractivity contribution >= 4 is 11.7 Å². The molecule has 1 fully saturated rings. The number of nitrogens with one attached hydrogen (secondary N) is 2. The lowest BCUT2D eigenvalue weighted by Crippen LogP contribution is -2.35. The summed E-state index contributed by atoms with van der Waals surface area (Å²) in [6.45, 7) is 3.94. The van der Waals surface area contributed by atoms with Gasteiger partial charge in [0.2, 0.25) is 0 Å². The van der Waals surface area contributed by atoms with E-state index in [-0.39, 0.29) is 11.8 Å². The van der Waals surface area contributed by atoms with E-state index in [1.165, 1.54) is 12.1 Å². The Hall–Kier alpha value is -1.62. The quantitative estimate of drug-likeness (QED) is 0.883. The highest BCUT2D eigenvalue weighted by Gasteiger charge is 2.14. The molecule has 1 aromatic carbocycles. The monoisotopic (exact) mass is 266 g/mol. The van der Waals surface area contributed by atoms with Crippen LogP contribution in [0.4, 0.5) is 14.9 Å². The Morgan fingerprint density at radius 1 is 1.37 bits per heavy atom. The maximum absolute atomic E-state index is 13.2. The number of urea groups is 1. The molecule has 0 bridgehead atoms. The van der Waals surface area contributed by atoms with Gasteiger partial charge in [0, 0.05) is 25.4 Å². The van der Waals surface area contributed by atoms with Crippen molar-refractivity contribution in [1.29, 1.82) is 0 Å². The van der Waals surface area contributed by atoms with Gasteiger partial charge in [0.1, 0.15) is 5.82 Å². The van der Waals surface area contributed by atoms with Gasteiger partial charge in [-0.2, -0.15) is 0 Å². The van der Waals surface area contributed by atoms with Crippen LogP contribution in [0.15, 0.2) is 18.2 Å². The molecule has 1 aliphatic heterocycles. The Bertz CT molecular complexity index is 425. The second-order valence-electron chi connectivity index (χ2n) is 4.91. The fourth-order valence-corrected chi connectivity index (χ4v) is 2.17. The van der Waals surface area contributed by atoms with Gasteiger partial charge in [-0.3, -0.25) is 0 Å². The summed E-state index contributed by atoms with van der Waals surface area (Å²) >= 11 is 0. The average molecular weight is 266 g/mol. The third kappa shape index (κ3) is 4.52. The molecule has 0 unspecified atom stereocenters. The number of rotatable bonds is 3. The van der Waals surface area contributed by atoms with E-state index >= 15 is 0 Å². The molecule has 1 heterocycles. The van der Waals surface area contributed by atoms with Gasteiger partial charge in [0.15, 0.2) is 0 Å². The van der Waals surface area contributed by atoms with E-state index in [4.69, 9.17) is 4.74 Å². The number of halogens is 1. The lowest BCUT2D eigenvalue weighted by molar-refractivity contribution is 0.0671. The standard InChI is InChI=1S/C14H19FN2O2/c1-10-6-12(15)8-13(7-10)17-14(18)16-9-11-2-4-19-5-3-11/h6-8,11H,2-5,9H2,1H3,(H2,16,17,18). The molecule has 1 aliphatic rings. The topological polar surface area (TPSA) is 50.4 Å². The van der Waals surface area contributed by atoms with Crippen LogP contribution in [0.1, 0.15) is 18.4 Å². The van der Waals surface area contributed by atoms with Gasteiger partial charge in [-0.05, 0) is 49.4 Å². The number of aryl methyl sites for hydroxylation is 1. The molecule has 2 amide bonds. The zero-order valence-corrected chi connectivity index (χ0v) is 11.0. The fraction of sp³-hybridized carbons (Fsp3) is 0.500. The molecule has 19 heavy (non-hydrogen) atoms. The summed E-state index contributed by atoms with van der Waals surface area (Å²) in [7, 11) is 0. The minimum atomic E-state index is -0.347. The second kappa shape index (κ2) is 6.52. The average Bonchev–Trinajstić information content (AvgIpc) is 2.36. The Labute approximate surface area is 112 Å². The third-order valence-electron chi connectivity index (χ3n) is 3.19. The van der Waals surface area contributed by atoms with Crippen molar-refractivity contribution in [2.75, 3.05) is 25.1 Å². The van der Waals surface area contributed by atoms with Crippen LogP contribution >= 0.6 is 0 Å². The predicted octanol–water partition coefficient (Wildman–Crippen LogP) is 2.68. The normalized spacial score (nSPS) is 16.1. The largest absolute Gasteiger partial charge is 0.381 e. The Morgan fingerprint density at radius 2 is 2.11 bits per heavy atom. The molecule has 0 aromatic heterocycles. The van der Waals surface area contributed by atoms with Crippen LogP contribution in [-0.2, 0) is 4.74 Å². The molecule has 0 radical (unpaired) electrons. The van der Waals surface area contributed by atoms with Gasteiger partial charge in [-0.15, -0.1) is 0 Å². The van der Waals surface area contributed by atoms with E-state index in [1.54, 1.807) is 13.0 Å². The van der Waals surface area contributed by atoms with Crippen LogP contribution in [0.5, 0.6) is 0 Å². The van der Waals surface area contributed by atoms with Crippen molar-refractivity contribution in [2.24, 2.45) is 5.92 Å². The highest BCUT2D eigenvalue weighted by molar-refractivity contribution is 5.89. The van der Waals surface area contributed by atoms with Gasteiger partial charge in [-0.25, -0.2) is 9.18 Å². The maximum atomic E-state index is 13.2. The molecule has 104 valence electrons. The fourth-order valence-electron chi connectivity index (χ4n) is 2.17. The smallest absolute Gasteiger partial charge is 0.319 e. The predicted molar refractivity (Wildman–Crippen MR) is 71.7 cm³/mol. The zero-order chi connectivity index (χ0) is 13.7. The van der Waals surface area contributed by atoms with Crippen LogP contribution in [-0.4, -0.2) is 25.8 Å². The molecule has 2 N–H and O–H groups in total. The van der Waals surface area contributed by atoms with Crippen molar-refractivity contribution in [2.45, 2.75) is 19.8 Å². The first-order chi connectivity index (χ1) is 9.13. The van der Waals surface area contributed by atoms with Crippen molar-refractivity contribution in [1.82, 2.24) is 5.32 Å². The molecular weight excluding hydrogens is 247 g/mol. The third-order valence-corrected chi connectivity index (χ3v) is 3.19. The summed E-state index contributed by atoms with van der Waals surface area (Å²) in [6, 6.07) is 4.17. The van der Waals surface area contributed by atoms with Crippen LogP contribution in [0.25, 0.3) is 0 Å². The van der Waals surface area contributed by atoms with Crippen LogP contribution < -0.4 is 10.6 Å². The number of hydrogen-bond acceptors (Lipinski definition) is 2. The SMILES string of the molecule is Cc1cc(F)cc(NC(=O)NCC2CCOCC2)c1. The van der Waals surface area contributed by atoms with Crippen molar-refractivity contribution in [3.05, 3.63) is 29.6 Å². The first kappa shape index (κ1) is 13.8. The van der Waals surface area contributed by atoms with E-state index < -0.39 is 0 Å². The summed E-state index contributed by atoms with van der Waals surface area (Å²) in [5.41, 5.74) is 1.25. The number of ether oxygens (including phenoxy) is 1. The molecule has 0 saturated carbocycles. The van der Waals surface area contributed by atoms with Crippen LogP contribution in [0.3, 0.4) is 0 Å². The molecular formula is C14H19FN2O2. The molecule has 0 aliphatic carbocycles. The van der Waals surface area contributed by atoms with Gasteiger partial charge in [-0.1, -0.05) is 0 Å². The van der Waals surface area contributed by atoms with Gasteiger partial charge in [0.05, 0.1) is 0 Å². The zero-order valence-electron chi connectivity index (χ0n) is 11.0. The molecule has 0 atom stereocenters. The molecule has 0 spiro atoms. The van der Waals surface area contributed by atoms with E-state index in [0.29, 0.717) is 18.2 Å². The van der Waals surface area contributed by atoms with E-state index in [0.717, 1.165) is 31.6 Å². The lowest BCUT2D eigenvalue weighted by Gasteiger charge is -2.22. The number of amides is 2. The van der Waals surface area contributed by atoms with Gasteiger partial charge in [0.25, 0.3) is 0 Å². The second-order valence-corrected chi connectivity index (χ2v) is 4.91. The van der Waals surface area contributed by atoms with Gasteiger partial charge >= 0.3 is 6.03 Å². The molecule has 1 aromatic rings. The van der Waals surface area contributed by atoms with Crippen LogP contribution in [0, 0.1) is 18.7 Å². The number of anilines is 1. The van der Waals surface area contributed by atoms with Crippen molar-refractivity contribution in [3.63, 3.8) is 0 Å². The number of carbonyl (C=O) groups is 1. The summed E-state index contributed by atoms with van der Waals surface area (Å²) in [4.78, 5) is 11.7. The lowest BCUT2D eigenvalue weighted by atomic mass is 10.0. The van der Waals surface area contributed by atoms with Gasteiger partial charge < -0.3 is 15.4 Å². The first-order valence-electron chi connectivity index (χ1n) is 6.53. The van der Waals surface area contributed by atoms with E-state index in [9.17, 15) is 9.18 Å². The number of benzene rings is 1. The number of carbonyl (C=O) groups excluding carboxylic acids is 1. The molecule has 4 nitrogen and oxygen atoms in total.